The van der Waals surface area contributed by atoms with Gasteiger partial charge in [0, 0.05) is 99.4 Å². The Balaban J connectivity index is 0.755. The Bertz CT molecular complexity index is 2210. The predicted octanol–water partition coefficient (Wildman–Crippen LogP) is 3.82. The Kier molecular flexibility index (Phi) is 9.36. The van der Waals surface area contributed by atoms with Crippen LogP contribution in [0.4, 0.5) is 23.0 Å². The molecule has 5 amide bonds. The van der Waals surface area contributed by atoms with E-state index in [-0.39, 0.29) is 30.8 Å². The third-order valence-electron chi connectivity index (χ3n) is 12.2. The number of imide groups is 2. The Morgan fingerprint density at radius 1 is 0.804 bits per heavy atom. The predicted molar refractivity (Wildman–Crippen MR) is 212 cm³/mol. The van der Waals surface area contributed by atoms with Crippen molar-refractivity contribution in [3.8, 4) is 0 Å². The van der Waals surface area contributed by atoms with Crippen LogP contribution in [0, 0.1) is 0 Å². The zero-order chi connectivity index (χ0) is 38.5. The summed E-state index contributed by atoms with van der Waals surface area (Å²) in [6.07, 6.45) is 5.77. The molecule has 5 heterocycles. The Hall–Kier alpha value is -5.89. The van der Waals surface area contributed by atoms with Gasteiger partial charge in [0.25, 0.3) is 11.8 Å². The minimum Gasteiger partial charge on any atom is -0.369 e. The highest BCUT2D eigenvalue weighted by Gasteiger charge is 2.45. The number of amides is 5. The Morgan fingerprint density at radius 2 is 1.52 bits per heavy atom. The summed E-state index contributed by atoms with van der Waals surface area (Å²) in [5.41, 5.74) is 4.49. The number of nitrogens with zero attached hydrogens (tertiary/aromatic N) is 7. The number of carbonyl (C=O) groups is 5. The number of hydrogen-bond donors (Lipinski definition) is 2. The second kappa shape index (κ2) is 14.6. The molecule has 14 heteroatoms. The van der Waals surface area contributed by atoms with E-state index in [0.717, 1.165) is 97.8 Å². The topological polar surface area (TPSA) is 151 Å². The van der Waals surface area contributed by atoms with Gasteiger partial charge in [-0.2, -0.15) is 0 Å². The maximum absolute atomic E-state index is 13.3. The first-order valence-electron chi connectivity index (χ1n) is 19.7. The first-order valence-corrected chi connectivity index (χ1v) is 19.7. The van der Waals surface area contributed by atoms with Gasteiger partial charge in [0.15, 0.2) is 0 Å². The molecule has 4 fully saturated rings. The zero-order valence-electron chi connectivity index (χ0n) is 31.4. The number of hydrogen-bond acceptors (Lipinski definition) is 11. The molecule has 1 aliphatic carbocycles. The summed E-state index contributed by atoms with van der Waals surface area (Å²) in [5, 5.41) is 6.78. The molecule has 5 aliphatic rings. The lowest BCUT2D eigenvalue weighted by Crippen LogP contribution is -2.63. The molecule has 1 saturated carbocycles. The average Bonchev–Trinajstić information content (AvgIpc) is 3.43. The highest BCUT2D eigenvalue weighted by Crippen LogP contribution is 2.34. The van der Waals surface area contributed by atoms with Crippen molar-refractivity contribution in [2.75, 3.05) is 59.3 Å². The van der Waals surface area contributed by atoms with Crippen molar-refractivity contribution in [3.63, 3.8) is 0 Å². The molecule has 2 N–H and O–H groups in total. The lowest BCUT2D eigenvalue weighted by molar-refractivity contribution is -0.136. The number of piperidine rings is 1. The molecule has 3 aromatic carbocycles. The standard InChI is InChI=1S/C42H45N9O5/c1-26(52)50(30-8-6-28(7-9-30)44-42-43-23-27-4-2-3-5-36(27)45-42)31-12-10-29(11-13-31)47-18-20-48(21-19-47)33-24-49(25-33)32-14-15-34-35(22-32)41(56)51(40(34)55)37-16-17-38(53)46-39(37)54/h2-5,10-15,22-23,28,30,33,37H,6-9,16-21,24-25H2,1H3,(H,43,44,45)(H,46,53,54). The summed E-state index contributed by atoms with van der Waals surface area (Å²) in [6.45, 7) is 6.96. The highest BCUT2D eigenvalue weighted by molar-refractivity contribution is 6.23. The van der Waals surface area contributed by atoms with E-state index in [1.807, 2.05) is 41.4 Å². The molecule has 1 atom stereocenters. The van der Waals surface area contributed by atoms with Crippen molar-refractivity contribution in [3.05, 3.63) is 84.1 Å². The number of anilines is 4. The third-order valence-corrected chi connectivity index (χ3v) is 12.2. The normalized spacial score (nSPS) is 23.2. The number of piperazine rings is 1. The number of rotatable bonds is 8. The van der Waals surface area contributed by atoms with Crippen molar-refractivity contribution < 1.29 is 24.0 Å². The SMILES string of the molecule is CC(=O)N(c1ccc(N2CCN(C3CN(c4ccc5c(c4)C(=O)N(C4CCC(=O)NC4=O)C5=O)C3)CC2)cc1)C1CCC(Nc2ncc3ccccc3n2)CC1. The van der Waals surface area contributed by atoms with Gasteiger partial charge in [-0.15, -0.1) is 0 Å². The van der Waals surface area contributed by atoms with Crippen molar-refractivity contribution in [1.29, 1.82) is 0 Å². The largest absolute Gasteiger partial charge is 0.369 e. The quantitative estimate of drug-likeness (QED) is 0.253. The van der Waals surface area contributed by atoms with Gasteiger partial charge in [-0.25, -0.2) is 9.97 Å². The fraction of sp³-hybridized carbons (Fsp3) is 0.405. The summed E-state index contributed by atoms with van der Waals surface area (Å²) in [6, 6.07) is 21.6. The van der Waals surface area contributed by atoms with Crippen LogP contribution in [0.1, 0.15) is 66.2 Å². The van der Waals surface area contributed by atoms with Gasteiger partial charge in [0.05, 0.1) is 16.6 Å². The van der Waals surface area contributed by atoms with Gasteiger partial charge in [-0.3, -0.25) is 39.1 Å². The number of aromatic nitrogens is 2. The van der Waals surface area contributed by atoms with Crippen molar-refractivity contribution >= 4 is 63.4 Å². The maximum Gasteiger partial charge on any atom is 0.262 e. The molecule has 9 rings (SSSR count). The van der Waals surface area contributed by atoms with Crippen LogP contribution in [0.3, 0.4) is 0 Å². The van der Waals surface area contributed by atoms with Crippen LogP contribution in [0.15, 0.2) is 72.9 Å². The van der Waals surface area contributed by atoms with E-state index in [4.69, 9.17) is 0 Å². The molecule has 1 unspecified atom stereocenters. The average molecular weight is 756 g/mol. The van der Waals surface area contributed by atoms with Crippen LogP contribution in [0.5, 0.6) is 0 Å². The van der Waals surface area contributed by atoms with E-state index < -0.39 is 29.7 Å². The van der Waals surface area contributed by atoms with E-state index in [1.165, 1.54) is 0 Å². The summed E-state index contributed by atoms with van der Waals surface area (Å²) >= 11 is 0. The molecule has 0 bridgehead atoms. The van der Waals surface area contributed by atoms with Crippen LogP contribution in [0.2, 0.25) is 0 Å². The molecule has 0 spiro atoms. The van der Waals surface area contributed by atoms with Crippen molar-refractivity contribution in [2.24, 2.45) is 0 Å². The van der Waals surface area contributed by atoms with Gasteiger partial charge < -0.3 is 20.0 Å². The lowest BCUT2D eigenvalue weighted by Gasteiger charge is -2.49. The molecule has 56 heavy (non-hydrogen) atoms. The zero-order valence-corrected chi connectivity index (χ0v) is 31.4. The van der Waals surface area contributed by atoms with Crippen LogP contribution in [-0.2, 0) is 14.4 Å². The van der Waals surface area contributed by atoms with Gasteiger partial charge in [0.2, 0.25) is 23.7 Å². The van der Waals surface area contributed by atoms with E-state index in [1.54, 1.807) is 19.1 Å². The molecule has 4 aromatic rings. The summed E-state index contributed by atoms with van der Waals surface area (Å²) in [4.78, 5) is 82.7. The number of carbonyl (C=O) groups excluding carboxylic acids is 5. The van der Waals surface area contributed by atoms with E-state index in [9.17, 15) is 24.0 Å². The van der Waals surface area contributed by atoms with Crippen LogP contribution in [-0.4, -0.2) is 113 Å². The molecular weight excluding hydrogens is 711 g/mol. The van der Waals surface area contributed by atoms with Crippen LogP contribution < -0.4 is 25.3 Å². The molecular formula is C42H45N9O5. The Morgan fingerprint density at radius 3 is 2.25 bits per heavy atom. The minimum absolute atomic E-state index is 0.0596. The summed E-state index contributed by atoms with van der Waals surface area (Å²) in [7, 11) is 0. The lowest BCUT2D eigenvalue weighted by atomic mass is 9.89. The summed E-state index contributed by atoms with van der Waals surface area (Å²) in [5.74, 6) is -1.26. The molecule has 1 aromatic heterocycles. The summed E-state index contributed by atoms with van der Waals surface area (Å²) < 4.78 is 0. The first kappa shape index (κ1) is 35.8. The van der Waals surface area contributed by atoms with Crippen molar-refractivity contribution in [1.82, 2.24) is 25.1 Å². The monoisotopic (exact) mass is 755 g/mol. The molecule has 14 nitrogen and oxygen atoms in total. The number of benzene rings is 3. The second-order valence-corrected chi connectivity index (χ2v) is 15.6. The van der Waals surface area contributed by atoms with E-state index in [2.05, 4.69) is 59.6 Å². The first-order chi connectivity index (χ1) is 27.2. The fourth-order valence-corrected chi connectivity index (χ4v) is 9.07. The molecule has 0 radical (unpaired) electrons. The molecule has 4 aliphatic heterocycles. The van der Waals surface area contributed by atoms with Gasteiger partial charge in [-0.05, 0) is 80.6 Å². The fourth-order valence-electron chi connectivity index (χ4n) is 9.07. The highest BCUT2D eigenvalue weighted by atomic mass is 16.2. The van der Waals surface area contributed by atoms with Crippen LogP contribution in [0.25, 0.3) is 10.9 Å². The van der Waals surface area contributed by atoms with E-state index in [0.29, 0.717) is 23.1 Å². The minimum atomic E-state index is -0.971. The molecule has 3 saturated heterocycles. The van der Waals surface area contributed by atoms with Crippen molar-refractivity contribution in [2.45, 2.75) is 69.6 Å². The smallest absolute Gasteiger partial charge is 0.262 e. The van der Waals surface area contributed by atoms with Crippen LogP contribution >= 0.6 is 0 Å². The van der Waals surface area contributed by atoms with Gasteiger partial charge in [-0.1, -0.05) is 18.2 Å². The Labute approximate surface area is 324 Å². The third kappa shape index (κ3) is 6.71. The molecule has 288 valence electrons. The number of fused-ring (bicyclic) bond motifs is 2. The van der Waals surface area contributed by atoms with Gasteiger partial charge >= 0.3 is 0 Å². The number of nitrogens with one attached hydrogen (secondary N) is 2. The van der Waals surface area contributed by atoms with Gasteiger partial charge in [0.1, 0.15) is 6.04 Å². The van der Waals surface area contributed by atoms with E-state index >= 15 is 0 Å². The number of para-hydroxylation sites is 1. The maximum atomic E-state index is 13.3. The second-order valence-electron chi connectivity index (χ2n) is 15.6.